The number of fused-ring (bicyclic) bond motifs is 2. The molecule has 0 nitrogen and oxygen atoms in total. The van der Waals surface area contributed by atoms with Crippen molar-refractivity contribution in [1.29, 1.82) is 0 Å². The monoisotopic (exact) mass is 722 g/mol. The Morgan fingerprint density at radius 3 is 1.10 bits per heavy atom. The van der Waals surface area contributed by atoms with Crippen molar-refractivity contribution in [2.45, 2.75) is 138 Å². The van der Waals surface area contributed by atoms with Crippen LogP contribution < -0.4 is 0 Å². The summed E-state index contributed by atoms with van der Waals surface area (Å²) in [6.07, 6.45) is 19.1. The third kappa shape index (κ3) is 7.55. The molecule has 2 unspecified atom stereocenters. The molecule has 0 spiro atoms. The van der Waals surface area contributed by atoms with Crippen molar-refractivity contribution in [2.75, 3.05) is 0 Å². The van der Waals surface area contributed by atoms with Crippen LogP contribution in [0, 0.1) is 0 Å². The Labute approximate surface area is 270 Å². The zero-order chi connectivity index (χ0) is 30.0. The Kier molecular flexibility index (Phi) is 13.9. The van der Waals surface area contributed by atoms with Gasteiger partial charge in [-0.1, -0.05) is 0 Å². The molecule has 0 bridgehead atoms. The molecule has 4 rings (SSSR count). The first-order valence-electron chi connectivity index (χ1n) is 18.1. The number of rotatable bonds is 19. The molecule has 2 atom stereocenters. The SMILES string of the molecule is CCC[CH2][Zr]([CH2]CCC)([CH2][CH2][Zr]([CH2]CCC)([CH2]CCC)[CH]1C(CC)=Cc2ccccc21)[CH]1C(CC)=Cc2ccccc21. The molecule has 0 N–H and O–H groups in total. The predicted octanol–water partition coefficient (Wildman–Crippen LogP) is 14.1. The van der Waals surface area contributed by atoms with Gasteiger partial charge in [-0.3, -0.25) is 0 Å². The summed E-state index contributed by atoms with van der Waals surface area (Å²) in [6, 6.07) is 19.3. The zero-order valence-corrected chi connectivity index (χ0v) is 33.2. The van der Waals surface area contributed by atoms with Gasteiger partial charge in [0.05, 0.1) is 0 Å². The first-order chi connectivity index (χ1) is 20.5. The second-order valence-electron chi connectivity index (χ2n) is 13.9. The molecule has 0 aromatic heterocycles. The third-order valence-corrected chi connectivity index (χ3v) is 43.1. The van der Waals surface area contributed by atoms with Gasteiger partial charge in [-0.15, -0.1) is 0 Å². The summed E-state index contributed by atoms with van der Waals surface area (Å²) >= 11 is -5.36. The maximum atomic E-state index is 2.65. The van der Waals surface area contributed by atoms with Crippen LogP contribution in [0.5, 0.6) is 0 Å². The Balaban J connectivity index is 1.83. The van der Waals surface area contributed by atoms with E-state index >= 15 is 0 Å². The van der Waals surface area contributed by atoms with Crippen LogP contribution >= 0.6 is 0 Å². The van der Waals surface area contributed by atoms with Gasteiger partial charge in [0.25, 0.3) is 0 Å². The second kappa shape index (κ2) is 16.8. The van der Waals surface area contributed by atoms with Gasteiger partial charge in [0, 0.05) is 0 Å². The standard InChI is InChI=1S/2C11H11.4C4H9.C2H4.2Zr/c2*1-2-9-7-10-5-3-4-6-11(10)8-9;4*1-3-4-2;1-2;;/h2*3-8H,2H2,1H3;4*1,3-4H2,2H3;1-2H2;;. The van der Waals surface area contributed by atoms with E-state index in [4.69, 9.17) is 0 Å². The number of unbranched alkanes of at least 4 members (excludes halogenated alkanes) is 4. The normalized spacial score (nSPS) is 18.1. The molecule has 0 saturated carbocycles. The van der Waals surface area contributed by atoms with Crippen molar-refractivity contribution in [3.8, 4) is 0 Å². The number of hydrogen-bond donors (Lipinski definition) is 0. The van der Waals surface area contributed by atoms with E-state index in [-0.39, 0.29) is 0 Å². The first-order valence-corrected chi connectivity index (χ1v) is 31.4. The fourth-order valence-electron chi connectivity index (χ4n) is 9.06. The van der Waals surface area contributed by atoms with E-state index in [1.807, 2.05) is 11.1 Å². The van der Waals surface area contributed by atoms with Crippen LogP contribution in [0.15, 0.2) is 59.7 Å². The van der Waals surface area contributed by atoms with Gasteiger partial charge in [-0.05, 0) is 0 Å². The van der Waals surface area contributed by atoms with Crippen molar-refractivity contribution in [1.82, 2.24) is 0 Å². The van der Waals surface area contributed by atoms with Gasteiger partial charge < -0.3 is 0 Å². The fraction of sp³-hybridized carbons (Fsp3) is 0.600. The van der Waals surface area contributed by atoms with Gasteiger partial charge in [-0.2, -0.15) is 0 Å². The molecule has 2 aromatic carbocycles. The minimum atomic E-state index is -2.68. The van der Waals surface area contributed by atoms with Gasteiger partial charge >= 0.3 is 272 Å². The van der Waals surface area contributed by atoms with Crippen molar-refractivity contribution in [3.63, 3.8) is 0 Å². The van der Waals surface area contributed by atoms with Crippen LogP contribution in [0.25, 0.3) is 12.2 Å². The molecule has 230 valence electrons. The van der Waals surface area contributed by atoms with Crippen LogP contribution in [0.1, 0.15) is 135 Å². The predicted molar refractivity (Wildman–Crippen MR) is 183 cm³/mol. The Morgan fingerprint density at radius 1 is 0.452 bits per heavy atom. The summed E-state index contributed by atoms with van der Waals surface area (Å²) in [6.45, 7) is 14.7. The van der Waals surface area contributed by atoms with Crippen molar-refractivity contribution in [2.24, 2.45) is 0 Å². The van der Waals surface area contributed by atoms with E-state index < -0.39 is 40.5 Å². The number of allylic oxidation sites excluding steroid dienone is 2. The zero-order valence-electron chi connectivity index (χ0n) is 28.2. The molecular weight excluding hydrogens is 663 g/mol. The van der Waals surface area contributed by atoms with Gasteiger partial charge in [-0.25, -0.2) is 0 Å². The molecule has 0 amide bonds. The van der Waals surface area contributed by atoms with E-state index in [2.05, 4.69) is 102 Å². The van der Waals surface area contributed by atoms with E-state index in [0.29, 0.717) is 0 Å². The van der Waals surface area contributed by atoms with E-state index in [1.54, 1.807) is 47.0 Å². The van der Waals surface area contributed by atoms with E-state index in [1.165, 1.54) is 64.2 Å². The molecule has 0 radical (unpaired) electrons. The van der Waals surface area contributed by atoms with E-state index in [0.717, 1.165) is 7.25 Å². The summed E-state index contributed by atoms with van der Waals surface area (Å²) in [5.41, 5.74) is 10.3. The van der Waals surface area contributed by atoms with Gasteiger partial charge in [0.15, 0.2) is 0 Å². The molecule has 0 saturated heterocycles. The quantitative estimate of drug-likeness (QED) is 0.135. The molecule has 2 aliphatic rings. The Hall–Kier alpha value is -0.314. The molecule has 2 heteroatoms. The summed E-state index contributed by atoms with van der Waals surface area (Å²) in [5, 5.41) is 0. The average molecular weight is 725 g/mol. The summed E-state index contributed by atoms with van der Waals surface area (Å²) in [5.74, 6) is 0. The molecule has 0 heterocycles. The van der Waals surface area contributed by atoms with E-state index in [9.17, 15) is 0 Å². The summed E-state index contributed by atoms with van der Waals surface area (Å²) in [4.78, 5) is 0. The van der Waals surface area contributed by atoms with Crippen LogP contribution in [0.3, 0.4) is 0 Å². The molecule has 2 aromatic rings. The van der Waals surface area contributed by atoms with Gasteiger partial charge in [0.1, 0.15) is 0 Å². The Bertz CT molecular complexity index is 1080. The summed E-state index contributed by atoms with van der Waals surface area (Å²) in [7, 11) is 0. The molecule has 42 heavy (non-hydrogen) atoms. The molecule has 0 aliphatic heterocycles. The topological polar surface area (TPSA) is 0 Å². The maximum absolute atomic E-state index is 2.68. The van der Waals surface area contributed by atoms with Crippen LogP contribution in [0.4, 0.5) is 0 Å². The van der Waals surface area contributed by atoms with Crippen LogP contribution in [0.2, 0.25) is 24.8 Å². The molecule has 0 fully saturated rings. The third-order valence-electron chi connectivity index (χ3n) is 11.3. The number of hydrogen-bond acceptors (Lipinski definition) is 0. The van der Waals surface area contributed by atoms with Crippen molar-refractivity contribution < 1.29 is 40.5 Å². The fourth-order valence-corrected chi connectivity index (χ4v) is 54.2. The average Bonchev–Trinajstić information content (AvgIpc) is 3.61. The Morgan fingerprint density at radius 2 is 0.786 bits per heavy atom. The van der Waals surface area contributed by atoms with Crippen molar-refractivity contribution in [3.05, 3.63) is 81.9 Å². The first kappa shape index (κ1) is 34.6. The minimum absolute atomic E-state index is 0.831. The molecule has 2 aliphatic carbocycles. The van der Waals surface area contributed by atoms with Crippen molar-refractivity contribution >= 4 is 12.2 Å². The van der Waals surface area contributed by atoms with Gasteiger partial charge in [0.2, 0.25) is 0 Å². The van der Waals surface area contributed by atoms with Crippen LogP contribution in [-0.4, -0.2) is 0 Å². The molecular formula is C40H62Zr2. The number of benzene rings is 2. The van der Waals surface area contributed by atoms with Crippen LogP contribution in [-0.2, 0) is 40.5 Å². The second-order valence-corrected chi connectivity index (χ2v) is 37.5. The summed E-state index contributed by atoms with van der Waals surface area (Å²) < 4.78 is 11.5.